The largest absolute Gasteiger partial charge is 0.363 e. The summed E-state index contributed by atoms with van der Waals surface area (Å²) in [5, 5.41) is 3.05. The van der Waals surface area contributed by atoms with Crippen molar-refractivity contribution in [3.05, 3.63) is 41.7 Å². The quantitative estimate of drug-likeness (QED) is 0.916. The summed E-state index contributed by atoms with van der Waals surface area (Å²) in [4.78, 5) is 14.3. The van der Waals surface area contributed by atoms with Crippen molar-refractivity contribution in [3.63, 3.8) is 0 Å². The minimum atomic E-state index is -0.324. The standard InChI is InChI=1S/C15H18FN5/c1-21(2)15-11(4-3-7-17-15)8-18-14-12(16)13(10-5-6-10)19-9-20-14/h3-4,7,9-10H,5-6,8H2,1-2H3,(H,18,19,20). The normalized spacial score (nSPS) is 14.0. The van der Waals surface area contributed by atoms with Crippen LogP contribution in [0.3, 0.4) is 0 Å². The Morgan fingerprint density at radius 2 is 2.10 bits per heavy atom. The van der Waals surface area contributed by atoms with Crippen LogP contribution in [0.4, 0.5) is 16.0 Å². The first-order valence-corrected chi connectivity index (χ1v) is 7.02. The number of pyridine rings is 1. The van der Waals surface area contributed by atoms with E-state index in [2.05, 4.69) is 20.3 Å². The van der Waals surface area contributed by atoms with Gasteiger partial charge in [0.25, 0.3) is 0 Å². The van der Waals surface area contributed by atoms with E-state index in [4.69, 9.17) is 0 Å². The van der Waals surface area contributed by atoms with Gasteiger partial charge in [-0.05, 0) is 18.9 Å². The van der Waals surface area contributed by atoms with Crippen LogP contribution in [0, 0.1) is 5.82 Å². The van der Waals surface area contributed by atoms with Crippen molar-refractivity contribution in [1.82, 2.24) is 15.0 Å². The lowest BCUT2D eigenvalue weighted by Gasteiger charge is -2.16. The van der Waals surface area contributed by atoms with E-state index in [9.17, 15) is 4.39 Å². The smallest absolute Gasteiger partial charge is 0.187 e. The average Bonchev–Trinajstić information content (AvgIpc) is 3.31. The third kappa shape index (κ3) is 2.94. The molecule has 2 aromatic heterocycles. The molecule has 1 aliphatic rings. The van der Waals surface area contributed by atoms with Gasteiger partial charge in [0.15, 0.2) is 11.6 Å². The van der Waals surface area contributed by atoms with Gasteiger partial charge in [-0.15, -0.1) is 0 Å². The van der Waals surface area contributed by atoms with Gasteiger partial charge in [0.1, 0.15) is 12.1 Å². The van der Waals surface area contributed by atoms with E-state index in [1.165, 1.54) is 6.33 Å². The monoisotopic (exact) mass is 287 g/mol. The van der Waals surface area contributed by atoms with E-state index < -0.39 is 0 Å². The first-order valence-electron chi connectivity index (χ1n) is 7.02. The summed E-state index contributed by atoms with van der Waals surface area (Å²) < 4.78 is 14.3. The molecule has 0 bridgehead atoms. The lowest BCUT2D eigenvalue weighted by Crippen LogP contribution is -2.15. The molecule has 0 saturated heterocycles. The zero-order valence-electron chi connectivity index (χ0n) is 12.2. The molecule has 1 saturated carbocycles. The summed E-state index contributed by atoms with van der Waals surface area (Å²) >= 11 is 0. The highest BCUT2D eigenvalue weighted by molar-refractivity contribution is 5.48. The Balaban J connectivity index is 1.78. The SMILES string of the molecule is CN(C)c1ncccc1CNc1ncnc(C2CC2)c1F. The maximum Gasteiger partial charge on any atom is 0.187 e. The van der Waals surface area contributed by atoms with E-state index in [0.717, 1.165) is 24.2 Å². The van der Waals surface area contributed by atoms with E-state index in [1.54, 1.807) is 6.20 Å². The summed E-state index contributed by atoms with van der Waals surface area (Å²) in [7, 11) is 3.87. The van der Waals surface area contributed by atoms with Gasteiger partial charge >= 0.3 is 0 Å². The highest BCUT2D eigenvalue weighted by Gasteiger charge is 2.29. The molecule has 21 heavy (non-hydrogen) atoms. The fourth-order valence-electron chi connectivity index (χ4n) is 2.30. The van der Waals surface area contributed by atoms with E-state index >= 15 is 0 Å². The lowest BCUT2D eigenvalue weighted by molar-refractivity contribution is 0.595. The highest BCUT2D eigenvalue weighted by Crippen LogP contribution is 2.40. The number of hydrogen-bond acceptors (Lipinski definition) is 5. The van der Waals surface area contributed by atoms with Crippen molar-refractivity contribution in [1.29, 1.82) is 0 Å². The molecule has 0 amide bonds. The fraction of sp³-hybridized carbons (Fsp3) is 0.400. The minimum Gasteiger partial charge on any atom is -0.363 e. The molecule has 2 heterocycles. The zero-order chi connectivity index (χ0) is 14.8. The minimum absolute atomic E-state index is 0.264. The van der Waals surface area contributed by atoms with Crippen LogP contribution in [-0.4, -0.2) is 29.0 Å². The summed E-state index contributed by atoms with van der Waals surface area (Å²) in [6.07, 6.45) is 5.20. The molecule has 0 unspecified atom stereocenters. The molecule has 110 valence electrons. The van der Waals surface area contributed by atoms with Crippen molar-refractivity contribution >= 4 is 11.6 Å². The number of hydrogen-bond donors (Lipinski definition) is 1. The molecule has 3 rings (SSSR count). The van der Waals surface area contributed by atoms with Gasteiger partial charge in [0.05, 0.1) is 5.69 Å². The molecule has 1 aliphatic carbocycles. The fourth-order valence-corrected chi connectivity index (χ4v) is 2.30. The third-order valence-corrected chi connectivity index (χ3v) is 3.52. The maximum atomic E-state index is 14.3. The van der Waals surface area contributed by atoms with E-state index in [1.807, 2.05) is 31.1 Å². The third-order valence-electron chi connectivity index (χ3n) is 3.52. The Morgan fingerprint density at radius 1 is 1.29 bits per heavy atom. The van der Waals surface area contributed by atoms with Crippen LogP contribution >= 0.6 is 0 Å². The van der Waals surface area contributed by atoms with Gasteiger partial charge in [0.2, 0.25) is 0 Å². The molecule has 6 heteroatoms. The molecule has 5 nitrogen and oxygen atoms in total. The number of aromatic nitrogens is 3. The van der Waals surface area contributed by atoms with Gasteiger partial charge in [-0.2, -0.15) is 0 Å². The van der Waals surface area contributed by atoms with Gasteiger partial charge in [-0.3, -0.25) is 0 Å². The van der Waals surface area contributed by atoms with Crippen LogP contribution in [0.2, 0.25) is 0 Å². The number of nitrogens with zero attached hydrogens (tertiary/aromatic N) is 4. The Labute approximate surface area is 123 Å². The van der Waals surface area contributed by atoms with Crippen LogP contribution < -0.4 is 10.2 Å². The lowest BCUT2D eigenvalue weighted by atomic mass is 10.2. The molecule has 0 atom stereocenters. The summed E-state index contributed by atoms with van der Waals surface area (Å²) in [6, 6.07) is 3.84. The van der Waals surface area contributed by atoms with Crippen molar-refractivity contribution in [2.75, 3.05) is 24.3 Å². The Bertz CT molecular complexity index is 640. The zero-order valence-corrected chi connectivity index (χ0v) is 12.2. The topological polar surface area (TPSA) is 53.9 Å². The molecule has 0 spiro atoms. The summed E-state index contributed by atoms with van der Waals surface area (Å²) in [5.74, 6) is 1.07. The molecular weight excluding hydrogens is 269 g/mol. The predicted octanol–water partition coefficient (Wildman–Crippen LogP) is 2.57. The van der Waals surface area contributed by atoms with Gasteiger partial charge in [-0.25, -0.2) is 19.3 Å². The molecule has 2 aromatic rings. The van der Waals surface area contributed by atoms with Crippen molar-refractivity contribution in [2.24, 2.45) is 0 Å². The number of anilines is 2. The van der Waals surface area contributed by atoms with Crippen LogP contribution in [0.1, 0.15) is 30.0 Å². The second kappa shape index (κ2) is 5.63. The first kappa shape index (κ1) is 13.7. The van der Waals surface area contributed by atoms with Crippen molar-refractivity contribution in [3.8, 4) is 0 Å². The second-order valence-corrected chi connectivity index (χ2v) is 5.43. The number of rotatable bonds is 5. The van der Waals surface area contributed by atoms with Crippen molar-refractivity contribution < 1.29 is 4.39 Å². The van der Waals surface area contributed by atoms with Crippen molar-refractivity contribution in [2.45, 2.75) is 25.3 Å². The Morgan fingerprint density at radius 3 is 2.81 bits per heavy atom. The van der Waals surface area contributed by atoms with Gasteiger partial charge < -0.3 is 10.2 Å². The summed E-state index contributed by atoms with van der Waals surface area (Å²) in [6.45, 7) is 0.472. The molecular formula is C15H18FN5. The molecule has 0 aliphatic heterocycles. The maximum absolute atomic E-state index is 14.3. The van der Waals surface area contributed by atoms with E-state index in [-0.39, 0.29) is 17.6 Å². The first-order chi connectivity index (χ1) is 10.2. The van der Waals surface area contributed by atoms with Gasteiger partial charge in [-0.1, -0.05) is 6.07 Å². The summed E-state index contributed by atoms with van der Waals surface area (Å²) in [5.41, 5.74) is 1.53. The Kier molecular flexibility index (Phi) is 3.68. The number of halogens is 1. The van der Waals surface area contributed by atoms with E-state index in [0.29, 0.717) is 12.2 Å². The van der Waals surface area contributed by atoms with Crippen LogP contribution in [0.25, 0.3) is 0 Å². The van der Waals surface area contributed by atoms with Gasteiger partial charge in [0, 0.05) is 38.3 Å². The predicted molar refractivity (Wildman–Crippen MR) is 79.9 cm³/mol. The van der Waals surface area contributed by atoms with Crippen LogP contribution in [0.5, 0.6) is 0 Å². The van der Waals surface area contributed by atoms with Crippen LogP contribution in [0.15, 0.2) is 24.7 Å². The van der Waals surface area contributed by atoms with Crippen LogP contribution in [-0.2, 0) is 6.54 Å². The molecule has 0 aromatic carbocycles. The average molecular weight is 287 g/mol. The number of nitrogens with one attached hydrogen (secondary N) is 1. The molecule has 1 fully saturated rings. The Hall–Kier alpha value is -2.24. The molecule has 1 N–H and O–H groups in total. The highest BCUT2D eigenvalue weighted by atomic mass is 19.1. The molecule has 0 radical (unpaired) electrons. The second-order valence-electron chi connectivity index (χ2n) is 5.43.